The molecular formula is C19H25F3N4O3S. The molecule has 1 unspecified atom stereocenters. The van der Waals surface area contributed by atoms with Gasteiger partial charge in [-0.1, -0.05) is 0 Å². The Kier molecular flexibility index (Phi) is 5.58. The fourth-order valence-electron chi connectivity index (χ4n) is 4.25. The van der Waals surface area contributed by atoms with Crippen LogP contribution >= 0.6 is 0 Å². The number of rotatable bonds is 4. The zero-order valence-corrected chi connectivity index (χ0v) is 17.7. The van der Waals surface area contributed by atoms with Gasteiger partial charge < -0.3 is 9.30 Å². The van der Waals surface area contributed by atoms with E-state index in [1.807, 2.05) is 4.57 Å². The summed E-state index contributed by atoms with van der Waals surface area (Å²) in [6.07, 6.45) is -1.94. The van der Waals surface area contributed by atoms with E-state index in [1.54, 1.807) is 0 Å². The van der Waals surface area contributed by atoms with Crippen molar-refractivity contribution in [1.29, 1.82) is 0 Å². The third-order valence-electron chi connectivity index (χ3n) is 5.84. The first-order valence-corrected chi connectivity index (χ1v) is 11.4. The smallest absolute Gasteiger partial charge is 0.370 e. The molecule has 11 heteroatoms. The maximum atomic E-state index is 13.2. The lowest BCUT2D eigenvalue weighted by atomic mass is 10.1. The maximum Gasteiger partial charge on any atom is 0.416 e. The standard InChI is InChI=1S/C19H25F3N4O3S/c1-24(2)30(27,28)25-9-7-14(8-10-25)26-16-6-5-13(19(20,21)22)12-15(16)23-18(26)17-4-3-11-29-17/h5-6,12,14,17H,3-4,7-11H2,1-2H3. The van der Waals surface area contributed by atoms with Crippen LogP contribution in [0.25, 0.3) is 11.0 Å². The van der Waals surface area contributed by atoms with Crippen molar-refractivity contribution in [3.05, 3.63) is 29.6 Å². The Morgan fingerprint density at radius 1 is 1.17 bits per heavy atom. The molecule has 2 fully saturated rings. The van der Waals surface area contributed by atoms with E-state index in [9.17, 15) is 21.6 Å². The molecule has 0 aliphatic carbocycles. The predicted molar refractivity (Wildman–Crippen MR) is 105 cm³/mol. The third kappa shape index (κ3) is 3.83. The fraction of sp³-hybridized carbons (Fsp3) is 0.632. The van der Waals surface area contributed by atoms with Crippen LogP contribution in [0.2, 0.25) is 0 Å². The number of alkyl halides is 3. The second kappa shape index (κ2) is 7.77. The minimum absolute atomic E-state index is 0.0560. The minimum atomic E-state index is -4.44. The van der Waals surface area contributed by atoms with E-state index in [0.717, 1.165) is 25.0 Å². The van der Waals surface area contributed by atoms with Crippen LogP contribution in [0.4, 0.5) is 13.2 Å². The number of piperidine rings is 1. The van der Waals surface area contributed by atoms with Gasteiger partial charge in [-0.2, -0.15) is 30.2 Å². The van der Waals surface area contributed by atoms with Crippen LogP contribution in [0.15, 0.2) is 18.2 Å². The van der Waals surface area contributed by atoms with Crippen LogP contribution in [0.3, 0.4) is 0 Å². The molecule has 3 heterocycles. The minimum Gasteiger partial charge on any atom is -0.370 e. The van der Waals surface area contributed by atoms with E-state index in [-0.39, 0.29) is 12.1 Å². The summed E-state index contributed by atoms with van der Waals surface area (Å²) < 4.78 is 74.7. The van der Waals surface area contributed by atoms with Crippen LogP contribution in [0.5, 0.6) is 0 Å². The summed E-state index contributed by atoms with van der Waals surface area (Å²) in [7, 11) is -0.493. The molecular weight excluding hydrogens is 421 g/mol. The van der Waals surface area contributed by atoms with Crippen LogP contribution in [0, 0.1) is 0 Å². The number of ether oxygens (including phenoxy) is 1. The highest BCUT2D eigenvalue weighted by atomic mass is 32.2. The molecule has 0 radical (unpaired) electrons. The van der Waals surface area contributed by atoms with Crippen molar-refractivity contribution in [1.82, 2.24) is 18.2 Å². The summed E-state index contributed by atoms with van der Waals surface area (Å²) in [5.74, 6) is 0.635. The van der Waals surface area contributed by atoms with E-state index in [0.29, 0.717) is 49.4 Å². The van der Waals surface area contributed by atoms with E-state index >= 15 is 0 Å². The van der Waals surface area contributed by atoms with Crippen molar-refractivity contribution in [3.63, 3.8) is 0 Å². The number of hydrogen-bond donors (Lipinski definition) is 0. The molecule has 1 aromatic heterocycles. The number of hydrogen-bond acceptors (Lipinski definition) is 4. The van der Waals surface area contributed by atoms with Gasteiger partial charge in [-0.25, -0.2) is 4.98 Å². The number of fused-ring (bicyclic) bond motifs is 1. The molecule has 2 aromatic rings. The van der Waals surface area contributed by atoms with Crippen LogP contribution in [-0.2, 0) is 21.1 Å². The SMILES string of the molecule is CN(C)S(=O)(=O)N1CCC(n2c(C3CCCO3)nc3cc(C(F)(F)F)ccc32)CC1. The lowest BCUT2D eigenvalue weighted by molar-refractivity contribution is -0.137. The van der Waals surface area contributed by atoms with Crippen molar-refractivity contribution >= 4 is 21.2 Å². The first-order chi connectivity index (χ1) is 14.1. The highest BCUT2D eigenvalue weighted by molar-refractivity contribution is 7.86. The highest BCUT2D eigenvalue weighted by Gasteiger charge is 2.35. The first kappa shape index (κ1) is 21.5. The zero-order chi connectivity index (χ0) is 21.7. The maximum absolute atomic E-state index is 13.2. The monoisotopic (exact) mass is 446 g/mol. The normalized spacial score (nSPS) is 22.4. The molecule has 2 aliphatic rings. The van der Waals surface area contributed by atoms with Crippen LogP contribution < -0.4 is 0 Å². The van der Waals surface area contributed by atoms with Gasteiger partial charge in [0.15, 0.2) is 0 Å². The van der Waals surface area contributed by atoms with Gasteiger partial charge in [0.05, 0.1) is 16.6 Å². The summed E-state index contributed by atoms with van der Waals surface area (Å²) in [6.45, 7) is 1.29. The predicted octanol–water partition coefficient (Wildman–Crippen LogP) is 3.35. The third-order valence-corrected chi connectivity index (χ3v) is 7.78. The molecule has 0 N–H and O–H groups in total. The van der Waals surface area contributed by atoms with Crippen molar-refractivity contribution in [3.8, 4) is 0 Å². The second-order valence-electron chi connectivity index (χ2n) is 7.96. The van der Waals surface area contributed by atoms with Crippen molar-refractivity contribution in [2.45, 2.75) is 44.0 Å². The number of halogens is 3. The Hall–Kier alpha value is -1.69. The molecule has 166 valence electrons. The average molecular weight is 446 g/mol. The molecule has 1 aromatic carbocycles. The summed E-state index contributed by atoms with van der Waals surface area (Å²) in [5, 5.41) is 0. The molecule has 0 bridgehead atoms. The summed E-state index contributed by atoms with van der Waals surface area (Å²) in [6, 6.07) is 3.56. The summed E-state index contributed by atoms with van der Waals surface area (Å²) >= 11 is 0. The highest BCUT2D eigenvalue weighted by Crippen LogP contribution is 2.38. The molecule has 2 saturated heterocycles. The lowest BCUT2D eigenvalue weighted by Gasteiger charge is -2.34. The van der Waals surface area contributed by atoms with Gasteiger partial charge in [0.2, 0.25) is 0 Å². The number of benzene rings is 1. The molecule has 1 atom stereocenters. The van der Waals surface area contributed by atoms with E-state index < -0.39 is 21.9 Å². The molecule has 4 rings (SSSR count). The Labute approximate surface area is 173 Å². The van der Waals surface area contributed by atoms with Gasteiger partial charge in [0.1, 0.15) is 11.9 Å². The lowest BCUT2D eigenvalue weighted by Crippen LogP contribution is -2.44. The van der Waals surface area contributed by atoms with Gasteiger partial charge in [-0.05, 0) is 43.9 Å². The Bertz CT molecular complexity index is 1020. The van der Waals surface area contributed by atoms with Crippen molar-refractivity contribution in [2.24, 2.45) is 0 Å². The number of aromatic nitrogens is 2. The first-order valence-electron chi connectivity index (χ1n) is 9.97. The molecule has 30 heavy (non-hydrogen) atoms. The summed E-state index contributed by atoms with van der Waals surface area (Å²) in [4.78, 5) is 4.54. The average Bonchev–Trinajstić information content (AvgIpc) is 3.34. The molecule has 7 nitrogen and oxygen atoms in total. The van der Waals surface area contributed by atoms with Crippen LogP contribution in [0.1, 0.15) is 49.2 Å². The topological polar surface area (TPSA) is 67.7 Å². The van der Waals surface area contributed by atoms with Gasteiger partial charge in [-0.3, -0.25) is 0 Å². The van der Waals surface area contributed by atoms with Gasteiger partial charge in [0, 0.05) is 39.8 Å². The van der Waals surface area contributed by atoms with E-state index in [2.05, 4.69) is 4.98 Å². The molecule has 0 saturated carbocycles. The van der Waals surface area contributed by atoms with Crippen molar-refractivity contribution < 1.29 is 26.3 Å². The second-order valence-corrected chi connectivity index (χ2v) is 10.1. The Balaban J connectivity index is 1.70. The van der Waals surface area contributed by atoms with E-state index in [4.69, 9.17) is 4.74 Å². The van der Waals surface area contributed by atoms with Gasteiger partial charge in [0.25, 0.3) is 10.2 Å². The molecule has 0 spiro atoms. The fourth-order valence-corrected chi connectivity index (χ4v) is 5.38. The van der Waals surface area contributed by atoms with Gasteiger partial charge in [-0.15, -0.1) is 0 Å². The zero-order valence-electron chi connectivity index (χ0n) is 16.9. The van der Waals surface area contributed by atoms with Crippen LogP contribution in [-0.4, -0.2) is 60.4 Å². The van der Waals surface area contributed by atoms with Crippen molar-refractivity contribution in [2.75, 3.05) is 33.8 Å². The molecule has 0 amide bonds. The largest absolute Gasteiger partial charge is 0.416 e. The Morgan fingerprint density at radius 2 is 1.87 bits per heavy atom. The van der Waals surface area contributed by atoms with E-state index in [1.165, 1.54) is 28.8 Å². The Morgan fingerprint density at radius 3 is 2.43 bits per heavy atom. The summed E-state index contributed by atoms with van der Waals surface area (Å²) in [5.41, 5.74) is 0.187. The number of nitrogens with zero attached hydrogens (tertiary/aromatic N) is 4. The van der Waals surface area contributed by atoms with Gasteiger partial charge >= 0.3 is 6.18 Å². The molecule has 2 aliphatic heterocycles. The number of imidazole rings is 1. The quantitative estimate of drug-likeness (QED) is 0.723.